The van der Waals surface area contributed by atoms with Crippen LogP contribution in [0.1, 0.15) is 31.1 Å². The van der Waals surface area contributed by atoms with E-state index in [1.165, 1.54) is 0 Å². The van der Waals surface area contributed by atoms with Gasteiger partial charge in [0, 0.05) is 36.9 Å². The van der Waals surface area contributed by atoms with Crippen molar-refractivity contribution in [2.24, 2.45) is 5.73 Å². The Morgan fingerprint density at radius 2 is 2.19 bits per heavy atom. The molecular weight excluding hydrogens is 202 g/mol. The predicted molar refractivity (Wildman–Crippen MR) is 64.3 cm³/mol. The number of ether oxygens (including phenoxy) is 1. The molecule has 2 N–H and O–H groups in total. The summed E-state index contributed by atoms with van der Waals surface area (Å²) >= 11 is 0. The average molecular weight is 223 g/mol. The summed E-state index contributed by atoms with van der Waals surface area (Å²) < 4.78 is 5.29. The van der Waals surface area contributed by atoms with Crippen LogP contribution in [0.15, 0.2) is 6.07 Å². The van der Waals surface area contributed by atoms with E-state index in [1.54, 1.807) is 0 Å². The van der Waals surface area contributed by atoms with E-state index in [0.29, 0.717) is 6.61 Å². The summed E-state index contributed by atoms with van der Waals surface area (Å²) in [4.78, 5) is 8.86. The lowest BCUT2D eigenvalue weighted by Crippen LogP contribution is -2.19. The van der Waals surface area contributed by atoms with Crippen LogP contribution in [0.5, 0.6) is 0 Å². The molecule has 4 nitrogen and oxygen atoms in total. The number of hydrogen-bond acceptors (Lipinski definition) is 4. The van der Waals surface area contributed by atoms with Crippen molar-refractivity contribution in [1.29, 1.82) is 0 Å². The largest absolute Gasteiger partial charge is 0.381 e. The molecule has 1 atom stereocenters. The second-order valence-corrected chi connectivity index (χ2v) is 4.05. The number of rotatable bonds is 6. The van der Waals surface area contributed by atoms with E-state index in [0.717, 1.165) is 36.7 Å². The molecule has 0 aromatic carbocycles. The third kappa shape index (κ3) is 4.68. The van der Waals surface area contributed by atoms with Crippen LogP contribution in [0.2, 0.25) is 0 Å². The molecule has 1 aromatic rings. The van der Waals surface area contributed by atoms with E-state index in [2.05, 4.69) is 9.97 Å². The Labute approximate surface area is 97.2 Å². The molecule has 0 radical (unpaired) electrons. The van der Waals surface area contributed by atoms with Crippen molar-refractivity contribution < 1.29 is 4.74 Å². The van der Waals surface area contributed by atoms with Gasteiger partial charge >= 0.3 is 0 Å². The van der Waals surface area contributed by atoms with Crippen LogP contribution < -0.4 is 5.73 Å². The minimum Gasteiger partial charge on any atom is -0.381 e. The van der Waals surface area contributed by atoms with Gasteiger partial charge in [-0.3, -0.25) is 0 Å². The van der Waals surface area contributed by atoms with Crippen LogP contribution in [0.3, 0.4) is 0 Å². The topological polar surface area (TPSA) is 61.0 Å². The van der Waals surface area contributed by atoms with Gasteiger partial charge in [-0.2, -0.15) is 0 Å². The van der Waals surface area contributed by atoms with E-state index in [-0.39, 0.29) is 6.04 Å². The summed E-state index contributed by atoms with van der Waals surface area (Å²) in [6.45, 7) is 7.36. The number of nitrogens with zero attached hydrogens (tertiary/aromatic N) is 2. The standard InChI is InChI=1S/C12H21N3O/c1-4-16-6-5-12-14-10(3)8-11(15-12)7-9(2)13/h8-9H,4-7,13H2,1-3H3. The van der Waals surface area contributed by atoms with E-state index < -0.39 is 0 Å². The maximum Gasteiger partial charge on any atom is 0.131 e. The Morgan fingerprint density at radius 3 is 2.81 bits per heavy atom. The normalized spacial score (nSPS) is 12.8. The first kappa shape index (κ1) is 13.1. The van der Waals surface area contributed by atoms with E-state index in [4.69, 9.17) is 10.5 Å². The molecule has 1 rings (SSSR count). The van der Waals surface area contributed by atoms with Gasteiger partial charge in [0.15, 0.2) is 0 Å². The molecule has 1 heterocycles. The van der Waals surface area contributed by atoms with Crippen molar-refractivity contribution in [2.45, 2.75) is 39.7 Å². The minimum absolute atomic E-state index is 0.133. The molecule has 0 aliphatic heterocycles. The van der Waals surface area contributed by atoms with Crippen LogP contribution in [0, 0.1) is 6.92 Å². The molecule has 4 heteroatoms. The average Bonchev–Trinajstić information content (AvgIpc) is 2.16. The van der Waals surface area contributed by atoms with Gasteiger partial charge in [0.2, 0.25) is 0 Å². The third-order valence-corrected chi connectivity index (χ3v) is 2.16. The summed E-state index contributed by atoms with van der Waals surface area (Å²) in [5.41, 5.74) is 7.78. The lowest BCUT2D eigenvalue weighted by molar-refractivity contribution is 0.149. The van der Waals surface area contributed by atoms with Gasteiger partial charge in [-0.1, -0.05) is 0 Å². The van der Waals surface area contributed by atoms with E-state index >= 15 is 0 Å². The molecule has 0 saturated carbocycles. The second-order valence-electron chi connectivity index (χ2n) is 4.05. The fraction of sp³-hybridized carbons (Fsp3) is 0.667. The molecular formula is C12H21N3O. The molecule has 1 unspecified atom stereocenters. The van der Waals surface area contributed by atoms with Gasteiger partial charge in [-0.15, -0.1) is 0 Å². The number of aryl methyl sites for hydroxylation is 1. The summed E-state index contributed by atoms with van der Waals surface area (Å²) in [5.74, 6) is 0.851. The lowest BCUT2D eigenvalue weighted by atomic mass is 10.1. The van der Waals surface area contributed by atoms with Crippen LogP contribution in [0.4, 0.5) is 0 Å². The van der Waals surface area contributed by atoms with Crippen molar-refractivity contribution in [3.05, 3.63) is 23.3 Å². The molecule has 0 bridgehead atoms. The highest BCUT2D eigenvalue weighted by molar-refractivity contribution is 5.11. The third-order valence-electron chi connectivity index (χ3n) is 2.16. The van der Waals surface area contributed by atoms with Crippen LogP contribution in [-0.2, 0) is 17.6 Å². The zero-order valence-electron chi connectivity index (χ0n) is 10.4. The summed E-state index contributed by atoms with van der Waals surface area (Å²) in [7, 11) is 0. The smallest absolute Gasteiger partial charge is 0.131 e. The molecule has 0 aliphatic carbocycles. The molecule has 0 spiro atoms. The molecule has 0 amide bonds. The van der Waals surface area contributed by atoms with Gasteiger partial charge in [-0.05, 0) is 26.8 Å². The Bertz CT molecular complexity index is 326. The van der Waals surface area contributed by atoms with E-state index in [9.17, 15) is 0 Å². The van der Waals surface area contributed by atoms with Gasteiger partial charge < -0.3 is 10.5 Å². The first-order valence-electron chi connectivity index (χ1n) is 5.78. The summed E-state index contributed by atoms with van der Waals surface area (Å²) in [6.07, 6.45) is 1.56. The fourth-order valence-corrected chi connectivity index (χ4v) is 1.55. The summed E-state index contributed by atoms with van der Waals surface area (Å²) in [6, 6.07) is 2.13. The Kier molecular flexibility index (Phi) is 5.35. The van der Waals surface area contributed by atoms with Crippen LogP contribution in [0.25, 0.3) is 0 Å². The Morgan fingerprint density at radius 1 is 1.44 bits per heavy atom. The predicted octanol–water partition coefficient (Wildman–Crippen LogP) is 1.25. The fourth-order valence-electron chi connectivity index (χ4n) is 1.55. The monoisotopic (exact) mass is 223 g/mol. The highest BCUT2D eigenvalue weighted by Gasteiger charge is 2.04. The summed E-state index contributed by atoms with van der Waals surface area (Å²) in [5, 5.41) is 0. The number of hydrogen-bond donors (Lipinski definition) is 1. The molecule has 1 aromatic heterocycles. The molecule has 0 saturated heterocycles. The molecule has 90 valence electrons. The minimum atomic E-state index is 0.133. The first-order chi connectivity index (χ1) is 7.61. The number of aromatic nitrogens is 2. The van der Waals surface area contributed by atoms with Crippen molar-refractivity contribution in [2.75, 3.05) is 13.2 Å². The number of nitrogens with two attached hydrogens (primary N) is 1. The maximum atomic E-state index is 5.76. The molecule has 0 fully saturated rings. The Balaban J connectivity index is 2.65. The quantitative estimate of drug-likeness (QED) is 0.737. The zero-order valence-corrected chi connectivity index (χ0v) is 10.4. The van der Waals surface area contributed by atoms with Gasteiger partial charge in [-0.25, -0.2) is 9.97 Å². The van der Waals surface area contributed by atoms with Crippen molar-refractivity contribution >= 4 is 0 Å². The second kappa shape index (κ2) is 6.55. The van der Waals surface area contributed by atoms with Crippen molar-refractivity contribution in [3.63, 3.8) is 0 Å². The van der Waals surface area contributed by atoms with Crippen molar-refractivity contribution in [3.8, 4) is 0 Å². The Hall–Kier alpha value is -1.00. The lowest BCUT2D eigenvalue weighted by Gasteiger charge is -2.08. The van der Waals surface area contributed by atoms with Crippen LogP contribution >= 0.6 is 0 Å². The van der Waals surface area contributed by atoms with Crippen molar-refractivity contribution in [1.82, 2.24) is 9.97 Å². The highest BCUT2D eigenvalue weighted by Crippen LogP contribution is 2.04. The maximum absolute atomic E-state index is 5.76. The van der Waals surface area contributed by atoms with Gasteiger partial charge in [0.05, 0.1) is 6.61 Å². The molecule has 16 heavy (non-hydrogen) atoms. The SMILES string of the molecule is CCOCCc1nc(C)cc(CC(C)N)n1. The van der Waals surface area contributed by atoms with Crippen LogP contribution in [-0.4, -0.2) is 29.2 Å². The zero-order chi connectivity index (χ0) is 12.0. The van der Waals surface area contributed by atoms with Gasteiger partial charge in [0.1, 0.15) is 5.82 Å². The van der Waals surface area contributed by atoms with E-state index in [1.807, 2.05) is 26.8 Å². The highest BCUT2D eigenvalue weighted by atomic mass is 16.5. The first-order valence-corrected chi connectivity index (χ1v) is 5.78. The molecule has 0 aliphatic rings. The van der Waals surface area contributed by atoms with Gasteiger partial charge in [0.25, 0.3) is 0 Å².